The lowest BCUT2D eigenvalue weighted by molar-refractivity contribution is 0.0665. The van der Waals surface area contributed by atoms with Gasteiger partial charge in [0.2, 0.25) is 0 Å². The summed E-state index contributed by atoms with van der Waals surface area (Å²) in [5.41, 5.74) is 3.36. The first-order valence-corrected chi connectivity index (χ1v) is 13.9. The summed E-state index contributed by atoms with van der Waals surface area (Å²) in [6.45, 7) is 6.12. The summed E-state index contributed by atoms with van der Waals surface area (Å²) < 4.78 is 1.93. The van der Waals surface area contributed by atoms with Crippen LogP contribution in [-0.2, 0) is 26.1 Å². The Morgan fingerprint density at radius 2 is 2.05 bits per heavy atom. The lowest BCUT2D eigenvalue weighted by atomic mass is 9.88. The number of aromatic amines is 1. The number of benzene rings is 1. The van der Waals surface area contributed by atoms with Crippen LogP contribution in [0.1, 0.15) is 51.3 Å². The van der Waals surface area contributed by atoms with Crippen molar-refractivity contribution in [1.82, 2.24) is 24.9 Å². The number of aliphatic hydroxyl groups excluding tert-OH is 2. The molecular formula is C28H31N7O4S. The number of aliphatic hydroxyl groups is 2. The van der Waals surface area contributed by atoms with Crippen LogP contribution < -0.4 is 16.2 Å². The Bertz CT molecular complexity index is 1670. The minimum absolute atomic E-state index is 0.250. The quantitative estimate of drug-likeness (QED) is 0.241. The fourth-order valence-corrected chi connectivity index (χ4v) is 6.71. The van der Waals surface area contributed by atoms with Crippen LogP contribution in [0.2, 0.25) is 0 Å². The number of carbonyl (C=O) groups excluding carboxylic acids is 1. The molecule has 4 aromatic rings. The molecule has 1 atom stereocenters. The molecule has 40 heavy (non-hydrogen) atoms. The molecule has 0 saturated heterocycles. The highest BCUT2D eigenvalue weighted by Crippen LogP contribution is 2.48. The first-order valence-electron chi connectivity index (χ1n) is 13.1. The number of amides is 1. The van der Waals surface area contributed by atoms with Crippen LogP contribution in [0.3, 0.4) is 0 Å². The number of hydrogen-bond donors (Lipinski definition) is 5. The number of rotatable bonds is 6. The van der Waals surface area contributed by atoms with E-state index in [-0.39, 0.29) is 23.6 Å². The van der Waals surface area contributed by atoms with Crippen LogP contribution in [-0.4, -0.2) is 54.6 Å². The van der Waals surface area contributed by atoms with E-state index in [9.17, 15) is 19.8 Å². The monoisotopic (exact) mass is 561 g/mol. The van der Waals surface area contributed by atoms with Gasteiger partial charge in [0, 0.05) is 40.8 Å². The molecule has 0 radical (unpaired) electrons. The number of anilines is 3. The second-order valence-electron chi connectivity index (χ2n) is 11.1. The van der Waals surface area contributed by atoms with Gasteiger partial charge in [0.1, 0.15) is 5.69 Å². The van der Waals surface area contributed by atoms with E-state index in [4.69, 9.17) is 0 Å². The number of aromatic nitrogens is 4. The highest BCUT2D eigenvalue weighted by atomic mass is 32.1. The Morgan fingerprint density at radius 3 is 2.83 bits per heavy atom. The van der Waals surface area contributed by atoms with Crippen molar-refractivity contribution in [3.8, 4) is 11.3 Å². The largest absolute Gasteiger partial charge is 0.392 e. The summed E-state index contributed by atoms with van der Waals surface area (Å²) in [4.78, 5) is 29.5. The molecule has 0 spiro atoms. The van der Waals surface area contributed by atoms with Crippen LogP contribution in [0.5, 0.6) is 0 Å². The molecule has 6 rings (SSSR count). The van der Waals surface area contributed by atoms with Crippen LogP contribution >= 0.6 is 11.3 Å². The van der Waals surface area contributed by atoms with Crippen molar-refractivity contribution in [2.45, 2.75) is 46.1 Å². The zero-order valence-corrected chi connectivity index (χ0v) is 23.3. The van der Waals surface area contributed by atoms with E-state index in [1.54, 1.807) is 30.3 Å². The number of nitrogens with zero attached hydrogens (tertiary/aromatic N) is 4. The normalized spacial score (nSPS) is 17.9. The van der Waals surface area contributed by atoms with Gasteiger partial charge in [0.05, 0.1) is 35.5 Å². The Balaban J connectivity index is 1.26. The molecule has 0 saturated carbocycles. The maximum absolute atomic E-state index is 13.2. The number of H-pyrrole nitrogens is 1. The van der Waals surface area contributed by atoms with Gasteiger partial charge in [-0.3, -0.25) is 19.2 Å². The average Bonchev–Trinajstić information content (AvgIpc) is 3.57. The molecule has 1 aromatic carbocycles. The standard InChI is InChI=1S/C28H31N7O4S/c1-28(2)12-23-17(25(28)37)10-22(40-23)27(39)30-19-6-4-5-16(18(19)14-36)20-11-21(26(38)32-31-20)29-24-9-15-13-34(3)7-8-35(15)33-24/h4-6,9-11,25,36-37H,7-8,12-14H2,1-3H3,(H,30,39)(H,32,38)(H,29,31,33). The Kier molecular flexibility index (Phi) is 6.57. The first-order chi connectivity index (χ1) is 19.1. The SMILES string of the molecule is CN1CCn2nc(Nc3cc(-c4cccc(NC(=O)c5cc6c(s5)CC(C)(C)C6O)c4CO)n[nH]c3=O)cc2C1. The van der Waals surface area contributed by atoms with Crippen molar-refractivity contribution in [3.05, 3.63) is 73.3 Å². The zero-order chi connectivity index (χ0) is 28.2. The van der Waals surface area contributed by atoms with Crippen molar-refractivity contribution in [2.24, 2.45) is 5.41 Å². The lowest BCUT2D eigenvalue weighted by Crippen LogP contribution is -2.30. The Labute approximate surface area is 234 Å². The summed E-state index contributed by atoms with van der Waals surface area (Å²) in [6.07, 6.45) is 0.103. The summed E-state index contributed by atoms with van der Waals surface area (Å²) in [7, 11) is 2.05. The second-order valence-corrected chi connectivity index (χ2v) is 12.2. The van der Waals surface area contributed by atoms with E-state index in [0.29, 0.717) is 39.6 Å². The lowest BCUT2D eigenvalue weighted by Gasteiger charge is -2.22. The molecule has 208 valence electrons. The predicted octanol–water partition coefficient (Wildman–Crippen LogP) is 3.24. The number of likely N-dealkylation sites (N-methyl/N-ethyl adjacent to an activating group) is 1. The van der Waals surface area contributed by atoms with Gasteiger partial charge in [-0.1, -0.05) is 26.0 Å². The van der Waals surface area contributed by atoms with Gasteiger partial charge in [-0.2, -0.15) is 10.2 Å². The van der Waals surface area contributed by atoms with Crippen LogP contribution in [0.4, 0.5) is 17.2 Å². The molecule has 11 nitrogen and oxygen atoms in total. The Hall–Kier alpha value is -3.84. The van der Waals surface area contributed by atoms with Crippen LogP contribution in [0, 0.1) is 5.41 Å². The van der Waals surface area contributed by atoms with E-state index in [1.807, 2.05) is 24.6 Å². The van der Waals surface area contributed by atoms with Gasteiger partial charge < -0.3 is 20.8 Å². The number of nitrogens with one attached hydrogen (secondary N) is 3. The minimum Gasteiger partial charge on any atom is -0.392 e. The molecule has 0 fully saturated rings. The zero-order valence-electron chi connectivity index (χ0n) is 22.5. The van der Waals surface area contributed by atoms with Gasteiger partial charge in [-0.25, -0.2) is 5.10 Å². The van der Waals surface area contributed by atoms with Crippen molar-refractivity contribution in [3.63, 3.8) is 0 Å². The summed E-state index contributed by atoms with van der Waals surface area (Å²) >= 11 is 1.38. The second kappa shape index (κ2) is 9.97. The van der Waals surface area contributed by atoms with E-state index in [0.717, 1.165) is 35.8 Å². The van der Waals surface area contributed by atoms with Crippen molar-refractivity contribution >= 4 is 34.4 Å². The van der Waals surface area contributed by atoms with Gasteiger partial charge in [0.15, 0.2) is 5.82 Å². The third kappa shape index (κ3) is 4.73. The van der Waals surface area contributed by atoms with Crippen molar-refractivity contribution < 1.29 is 15.0 Å². The maximum atomic E-state index is 13.2. The highest BCUT2D eigenvalue weighted by Gasteiger charge is 2.40. The molecule has 1 amide bonds. The molecule has 5 N–H and O–H groups in total. The van der Waals surface area contributed by atoms with Crippen LogP contribution in [0.15, 0.2) is 41.2 Å². The Morgan fingerprint density at radius 1 is 1.23 bits per heavy atom. The maximum Gasteiger partial charge on any atom is 0.287 e. The molecule has 3 aromatic heterocycles. The van der Waals surface area contributed by atoms with E-state index >= 15 is 0 Å². The van der Waals surface area contributed by atoms with Gasteiger partial charge in [-0.15, -0.1) is 11.3 Å². The average molecular weight is 562 g/mol. The molecule has 0 bridgehead atoms. The molecule has 4 heterocycles. The number of hydrogen-bond acceptors (Lipinski definition) is 9. The summed E-state index contributed by atoms with van der Waals surface area (Å²) in [5, 5.41) is 38.2. The molecule has 2 aliphatic rings. The number of fused-ring (bicyclic) bond motifs is 2. The van der Waals surface area contributed by atoms with E-state index in [2.05, 4.69) is 37.9 Å². The van der Waals surface area contributed by atoms with Gasteiger partial charge >= 0.3 is 0 Å². The van der Waals surface area contributed by atoms with E-state index in [1.165, 1.54) is 11.3 Å². The van der Waals surface area contributed by atoms with Gasteiger partial charge in [0.25, 0.3) is 11.5 Å². The summed E-state index contributed by atoms with van der Waals surface area (Å²) in [6, 6.07) is 10.5. The fourth-order valence-electron chi connectivity index (χ4n) is 5.39. The number of thiophene rings is 1. The topological polar surface area (TPSA) is 148 Å². The minimum atomic E-state index is -0.611. The van der Waals surface area contributed by atoms with Crippen LogP contribution in [0.25, 0.3) is 11.3 Å². The molecule has 1 aliphatic carbocycles. The van der Waals surface area contributed by atoms with E-state index < -0.39 is 11.7 Å². The van der Waals surface area contributed by atoms with Gasteiger partial charge in [-0.05, 0) is 42.6 Å². The third-order valence-electron chi connectivity index (χ3n) is 7.63. The predicted molar refractivity (Wildman–Crippen MR) is 153 cm³/mol. The molecule has 12 heteroatoms. The molecule has 1 unspecified atom stereocenters. The molecular weight excluding hydrogens is 530 g/mol. The highest BCUT2D eigenvalue weighted by molar-refractivity contribution is 7.14. The first kappa shape index (κ1) is 26.4. The third-order valence-corrected chi connectivity index (χ3v) is 8.78. The summed E-state index contributed by atoms with van der Waals surface area (Å²) in [5.74, 6) is 0.245. The van der Waals surface area contributed by atoms with Crippen molar-refractivity contribution in [2.75, 3.05) is 24.2 Å². The van der Waals surface area contributed by atoms with Crippen molar-refractivity contribution in [1.29, 1.82) is 0 Å². The smallest absolute Gasteiger partial charge is 0.287 e. The number of carbonyl (C=O) groups is 1. The molecule has 1 aliphatic heterocycles. The fraction of sp³-hybridized carbons (Fsp3) is 0.357.